The summed E-state index contributed by atoms with van der Waals surface area (Å²) in [6.45, 7) is 4.19. The van der Waals surface area contributed by atoms with Gasteiger partial charge in [-0.3, -0.25) is 9.98 Å². The van der Waals surface area contributed by atoms with Gasteiger partial charge in [0.15, 0.2) is 0 Å². The van der Waals surface area contributed by atoms with Gasteiger partial charge in [-0.1, -0.05) is 0 Å². The van der Waals surface area contributed by atoms with E-state index in [9.17, 15) is 0 Å². The van der Waals surface area contributed by atoms with E-state index in [0.717, 1.165) is 45.4 Å². The van der Waals surface area contributed by atoms with Gasteiger partial charge in [-0.25, -0.2) is 0 Å². The van der Waals surface area contributed by atoms with Crippen LogP contribution in [0.15, 0.2) is 9.98 Å². The lowest BCUT2D eigenvalue weighted by molar-refractivity contribution is 0.699. The van der Waals surface area contributed by atoms with Crippen molar-refractivity contribution in [3.8, 4) is 0 Å². The van der Waals surface area contributed by atoms with Gasteiger partial charge in [-0.05, 0) is 19.3 Å². The number of aliphatic imine (C=N–C) groups is 2. The average molecular weight is 208 g/mol. The SMILES string of the molecule is C1CN=C(CCCC2=NCCCN2)NC1. The van der Waals surface area contributed by atoms with Crippen molar-refractivity contribution in [1.29, 1.82) is 0 Å². The Morgan fingerprint density at radius 1 is 0.867 bits per heavy atom. The molecule has 2 rings (SSSR count). The molecule has 0 radical (unpaired) electrons. The van der Waals surface area contributed by atoms with E-state index in [1.165, 1.54) is 24.5 Å². The van der Waals surface area contributed by atoms with Crippen molar-refractivity contribution in [3.63, 3.8) is 0 Å². The molecule has 2 N–H and O–H groups in total. The molecule has 0 aliphatic carbocycles. The second-order valence-electron chi connectivity index (χ2n) is 4.07. The molecular weight excluding hydrogens is 188 g/mol. The predicted molar refractivity (Wildman–Crippen MR) is 63.7 cm³/mol. The quantitative estimate of drug-likeness (QED) is 0.722. The number of hydrogen-bond acceptors (Lipinski definition) is 4. The lowest BCUT2D eigenvalue weighted by Gasteiger charge is -2.16. The monoisotopic (exact) mass is 208 g/mol. The highest BCUT2D eigenvalue weighted by Gasteiger charge is 2.06. The molecule has 0 spiro atoms. The van der Waals surface area contributed by atoms with Crippen LogP contribution < -0.4 is 10.6 Å². The van der Waals surface area contributed by atoms with E-state index in [4.69, 9.17) is 0 Å². The molecule has 0 saturated heterocycles. The first-order chi connectivity index (χ1) is 7.45. The van der Waals surface area contributed by atoms with Crippen molar-refractivity contribution in [2.24, 2.45) is 9.98 Å². The third-order valence-electron chi connectivity index (χ3n) is 2.76. The summed E-state index contributed by atoms with van der Waals surface area (Å²) in [5, 5.41) is 6.69. The molecule has 15 heavy (non-hydrogen) atoms. The van der Waals surface area contributed by atoms with Crippen molar-refractivity contribution >= 4 is 11.7 Å². The van der Waals surface area contributed by atoms with Crippen molar-refractivity contribution in [1.82, 2.24) is 10.6 Å². The van der Waals surface area contributed by atoms with Crippen LogP contribution in [0.3, 0.4) is 0 Å². The van der Waals surface area contributed by atoms with Gasteiger partial charge in [-0.15, -0.1) is 0 Å². The normalized spacial score (nSPS) is 21.1. The zero-order valence-corrected chi connectivity index (χ0v) is 9.26. The van der Waals surface area contributed by atoms with Gasteiger partial charge in [0.2, 0.25) is 0 Å². The third-order valence-corrected chi connectivity index (χ3v) is 2.76. The molecular formula is C11H20N4. The van der Waals surface area contributed by atoms with Crippen LogP contribution in [0.2, 0.25) is 0 Å². The topological polar surface area (TPSA) is 48.8 Å². The number of amidine groups is 2. The first-order valence-electron chi connectivity index (χ1n) is 5.99. The first kappa shape index (κ1) is 10.5. The largest absolute Gasteiger partial charge is 0.374 e. The van der Waals surface area contributed by atoms with Crippen LogP contribution in [0.4, 0.5) is 0 Å². The molecule has 0 aromatic rings. The molecule has 0 fully saturated rings. The Morgan fingerprint density at radius 2 is 1.40 bits per heavy atom. The summed E-state index contributed by atoms with van der Waals surface area (Å²) >= 11 is 0. The van der Waals surface area contributed by atoms with Gasteiger partial charge in [0.1, 0.15) is 0 Å². The highest BCUT2D eigenvalue weighted by molar-refractivity contribution is 5.85. The van der Waals surface area contributed by atoms with Gasteiger partial charge < -0.3 is 10.6 Å². The van der Waals surface area contributed by atoms with Crippen LogP contribution in [0, 0.1) is 0 Å². The molecule has 0 unspecified atom stereocenters. The van der Waals surface area contributed by atoms with E-state index in [2.05, 4.69) is 20.6 Å². The minimum atomic E-state index is 1.00. The van der Waals surface area contributed by atoms with E-state index in [-0.39, 0.29) is 0 Å². The lowest BCUT2D eigenvalue weighted by atomic mass is 10.2. The Hall–Kier alpha value is -1.06. The second kappa shape index (κ2) is 5.73. The van der Waals surface area contributed by atoms with Crippen molar-refractivity contribution in [2.45, 2.75) is 32.1 Å². The molecule has 2 aliphatic rings. The molecule has 0 aromatic heterocycles. The van der Waals surface area contributed by atoms with Crippen LogP contribution in [0.25, 0.3) is 0 Å². The molecule has 0 atom stereocenters. The molecule has 84 valence electrons. The maximum absolute atomic E-state index is 4.46. The Kier molecular flexibility index (Phi) is 4.00. The van der Waals surface area contributed by atoms with E-state index < -0.39 is 0 Å². The summed E-state index contributed by atoms with van der Waals surface area (Å²) in [6.07, 6.45) is 5.65. The van der Waals surface area contributed by atoms with Gasteiger partial charge in [-0.2, -0.15) is 0 Å². The molecule has 0 bridgehead atoms. The molecule has 0 aromatic carbocycles. The summed E-state index contributed by atoms with van der Waals surface area (Å²) in [7, 11) is 0. The van der Waals surface area contributed by atoms with E-state index in [0.29, 0.717) is 0 Å². The third kappa shape index (κ3) is 3.53. The lowest BCUT2D eigenvalue weighted by Crippen LogP contribution is -2.31. The van der Waals surface area contributed by atoms with Gasteiger partial charge in [0.25, 0.3) is 0 Å². The minimum Gasteiger partial charge on any atom is -0.374 e. The summed E-state index contributed by atoms with van der Waals surface area (Å²) in [5.74, 6) is 2.38. The molecule has 0 saturated carbocycles. The fourth-order valence-corrected chi connectivity index (χ4v) is 1.92. The van der Waals surface area contributed by atoms with Crippen molar-refractivity contribution in [2.75, 3.05) is 26.2 Å². The van der Waals surface area contributed by atoms with Crippen molar-refractivity contribution in [3.05, 3.63) is 0 Å². The fraction of sp³-hybridized carbons (Fsp3) is 0.818. The minimum absolute atomic E-state index is 1.00. The van der Waals surface area contributed by atoms with Crippen LogP contribution in [-0.2, 0) is 0 Å². The van der Waals surface area contributed by atoms with Crippen LogP contribution in [-0.4, -0.2) is 37.9 Å². The molecule has 2 heterocycles. The molecule has 4 heteroatoms. The molecule has 4 nitrogen and oxygen atoms in total. The number of nitrogens with zero attached hydrogens (tertiary/aromatic N) is 2. The van der Waals surface area contributed by atoms with Crippen LogP contribution in [0.1, 0.15) is 32.1 Å². The van der Waals surface area contributed by atoms with E-state index in [1.54, 1.807) is 0 Å². The summed E-state index contributed by atoms with van der Waals surface area (Å²) < 4.78 is 0. The second-order valence-corrected chi connectivity index (χ2v) is 4.07. The van der Waals surface area contributed by atoms with E-state index in [1.807, 2.05) is 0 Å². The summed E-state index contributed by atoms with van der Waals surface area (Å²) in [5.41, 5.74) is 0. The maximum atomic E-state index is 4.46. The smallest absolute Gasteiger partial charge is 0.0963 e. The number of rotatable bonds is 4. The van der Waals surface area contributed by atoms with Gasteiger partial charge in [0.05, 0.1) is 11.7 Å². The summed E-state index contributed by atoms with van der Waals surface area (Å²) in [6, 6.07) is 0. The number of hydrogen-bond donors (Lipinski definition) is 2. The summed E-state index contributed by atoms with van der Waals surface area (Å²) in [4.78, 5) is 8.91. The zero-order chi connectivity index (χ0) is 10.3. The Labute approximate surface area is 91.3 Å². The van der Waals surface area contributed by atoms with Crippen LogP contribution in [0.5, 0.6) is 0 Å². The Morgan fingerprint density at radius 3 is 1.80 bits per heavy atom. The Bertz CT molecular complexity index is 231. The fourth-order valence-electron chi connectivity index (χ4n) is 1.92. The number of nitrogens with one attached hydrogen (secondary N) is 2. The average Bonchev–Trinajstić information content (AvgIpc) is 2.32. The van der Waals surface area contributed by atoms with Crippen molar-refractivity contribution < 1.29 is 0 Å². The van der Waals surface area contributed by atoms with Gasteiger partial charge >= 0.3 is 0 Å². The zero-order valence-electron chi connectivity index (χ0n) is 9.26. The van der Waals surface area contributed by atoms with Crippen LogP contribution >= 0.6 is 0 Å². The first-order valence-corrected chi connectivity index (χ1v) is 5.99. The highest BCUT2D eigenvalue weighted by Crippen LogP contribution is 2.03. The standard InChI is InChI=1S/C11H20N4/c1(4-10-12-6-2-7-13-10)5-11-14-8-3-9-15-11/h1-9H2,(H,12,13)(H,14,15). The van der Waals surface area contributed by atoms with E-state index >= 15 is 0 Å². The molecule has 2 aliphatic heterocycles. The maximum Gasteiger partial charge on any atom is 0.0963 e. The van der Waals surface area contributed by atoms with Gasteiger partial charge in [0, 0.05) is 39.0 Å². The predicted octanol–water partition coefficient (Wildman–Crippen LogP) is 0.940. The highest BCUT2D eigenvalue weighted by atomic mass is 15.0. The Balaban J connectivity index is 1.65. The molecule has 0 amide bonds.